The molecule has 0 aliphatic carbocycles. The Balaban J connectivity index is 0.000000619. The van der Waals surface area contributed by atoms with E-state index in [4.69, 9.17) is 18.9 Å². The monoisotopic (exact) mass is 1110 g/mol. The van der Waals surface area contributed by atoms with E-state index < -0.39 is 0 Å². The van der Waals surface area contributed by atoms with E-state index in [-0.39, 0.29) is 69.4 Å². The minimum atomic E-state index is -0.140. The van der Waals surface area contributed by atoms with Crippen LogP contribution in [0.1, 0.15) is 0 Å². The number of hydrogen-bond donors (Lipinski definition) is 1. The molecule has 2 heterocycles. The molecule has 0 aliphatic rings. The summed E-state index contributed by atoms with van der Waals surface area (Å²) in [7, 11) is 6.51. The molecule has 4 aromatic carbocycles. The van der Waals surface area contributed by atoms with E-state index in [0.717, 1.165) is 29.4 Å². The molecule has 0 fully saturated rings. The van der Waals surface area contributed by atoms with Crippen LogP contribution >= 0.6 is 127 Å². The van der Waals surface area contributed by atoms with Gasteiger partial charge in [-0.3, -0.25) is 0 Å². The standard InChI is InChI=1S/C10H13BrO2S.2C8H5BrS.C6H5BrS.C4H9BrO2.K.H2O/c1-12-10(13-2)7-14-9-5-3-4-8(11)6-9;9-7-2-1-6-3-4-10-8(6)5-7;9-7-2-1-3-8-6(7)4-5-10-8;7-5-2-1-3-6(8)4-5;1-6-4(3-5)7-2;;/h3-6,10H,7H2,1-2H3;2*1-5H;1-4,8H;4H,3H2,1-2H3;;1H2/q;;;;;+1;/p-1. The van der Waals surface area contributed by atoms with Gasteiger partial charge in [-0.1, -0.05) is 104 Å². The summed E-state index contributed by atoms with van der Waals surface area (Å²) in [6, 6.07) is 32.8. The minimum Gasteiger partial charge on any atom is -0.870 e. The average molecular weight is 1120 g/mol. The Kier molecular flexibility index (Phi) is 32.2. The van der Waals surface area contributed by atoms with Crippen LogP contribution in [0, 0.1) is 0 Å². The second kappa shape index (κ2) is 31.4. The van der Waals surface area contributed by atoms with Crippen molar-refractivity contribution in [3.63, 3.8) is 0 Å². The second-order valence-electron chi connectivity index (χ2n) is 9.38. The number of halogens is 5. The van der Waals surface area contributed by atoms with Crippen molar-refractivity contribution >= 4 is 147 Å². The molecule has 0 radical (unpaired) electrons. The van der Waals surface area contributed by atoms with Gasteiger partial charge in [0.05, 0.1) is 5.33 Å². The van der Waals surface area contributed by atoms with Crippen molar-refractivity contribution in [2.45, 2.75) is 22.4 Å². The SMILES string of the molecule is Brc1ccc2ccsc2c1.Brc1cccc2sccc12.COC(CBr)OC.COC(CSc1cccc(Br)c1)OC.Sc1cccc(Br)c1.[K+].[OH-]. The summed E-state index contributed by atoms with van der Waals surface area (Å²) in [5.41, 5.74) is 0. The van der Waals surface area contributed by atoms with E-state index >= 15 is 0 Å². The summed E-state index contributed by atoms with van der Waals surface area (Å²) >= 11 is 26.2. The van der Waals surface area contributed by atoms with Crippen LogP contribution in [0.3, 0.4) is 0 Å². The van der Waals surface area contributed by atoms with Gasteiger partial charge in [-0.05, 0) is 88.9 Å². The summed E-state index contributed by atoms with van der Waals surface area (Å²) in [5, 5.41) is 7.58. The zero-order chi connectivity index (χ0) is 36.0. The molecular formula is C36H38Br5KO5S4. The number of fused-ring (bicyclic) bond motifs is 2. The fourth-order valence-corrected chi connectivity index (χ4v) is 9.19. The molecule has 0 spiro atoms. The molecule has 0 aliphatic heterocycles. The first-order valence-electron chi connectivity index (χ1n) is 14.4. The van der Waals surface area contributed by atoms with Gasteiger partial charge in [-0.2, -0.15) is 0 Å². The van der Waals surface area contributed by atoms with Gasteiger partial charge in [-0.25, -0.2) is 0 Å². The van der Waals surface area contributed by atoms with Crippen LogP contribution in [-0.2, 0) is 18.9 Å². The topological polar surface area (TPSA) is 66.9 Å². The summed E-state index contributed by atoms with van der Waals surface area (Å²) in [6.07, 6.45) is -0.237. The largest absolute Gasteiger partial charge is 1.00 e. The molecule has 6 rings (SSSR count). The van der Waals surface area contributed by atoms with E-state index in [9.17, 15) is 0 Å². The third kappa shape index (κ3) is 22.0. The Morgan fingerprint density at radius 3 is 1.75 bits per heavy atom. The van der Waals surface area contributed by atoms with Gasteiger partial charge in [0.15, 0.2) is 12.6 Å². The third-order valence-electron chi connectivity index (χ3n) is 6.03. The van der Waals surface area contributed by atoms with Crippen molar-refractivity contribution in [1.82, 2.24) is 0 Å². The van der Waals surface area contributed by atoms with E-state index in [2.05, 4.69) is 164 Å². The molecule has 0 unspecified atom stereocenters. The molecule has 6 aromatic rings. The summed E-state index contributed by atoms with van der Waals surface area (Å²) in [6.45, 7) is 0. The zero-order valence-corrected chi connectivity index (χ0v) is 43.0. The molecule has 51 heavy (non-hydrogen) atoms. The molecule has 0 amide bonds. The summed E-state index contributed by atoms with van der Waals surface area (Å²) in [4.78, 5) is 2.19. The van der Waals surface area contributed by atoms with Crippen molar-refractivity contribution in [2.24, 2.45) is 0 Å². The van der Waals surface area contributed by atoms with Crippen molar-refractivity contribution in [3.8, 4) is 0 Å². The first-order valence-corrected chi connectivity index (χ1v) is 21.9. The predicted octanol–water partition coefficient (Wildman–Crippen LogP) is 11.1. The summed E-state index contributed by atoms with van der Waals surface area (Å²) in [5.74, 6) is 0.795. The molecule has 15 heteroatoms. The number of hydrogen-bond acceptors (Lipinski definition) is 9. The Labute approximate surface area is 404 Å². The first-order chi connectivity index (χ1) is 23.6. The minimum absolute atomic E-state index is 0. The number of benzene rings is 4. The number of ether oxygens (including phenoxy) is 4. The van der Waals surface area contributed by atoms with Crippen LogP contribution in [0.4, 0.5) is 0 Å². The number of thiol groups is 1. The zero-order valence-electron chi connectivity index (χ0n) is 28.6. The van der Waals surface area contributed by atoms with Crippen LogP contribution < -0.4 is 51.4 Å². The van der Waals surface area contributed by atoms with Crippen molar-refractivity contribution in [2.75, 3.05) is 39.5 Å². The second-order valence-corrected chi connectivity index (χ2v) is 17.1. The van der Waals surface area contributed by atoms with Gasteiger partial charge in [0.2, 0.25) is 0 Å². The van der Waals surface area contributed by atoms with Gasteiger partial charge < -0.3 is 24.4 Å². The molecular weight excluding hydrogens is 1080 g/mol. The van der Waals surface area contributed by atoms with Crippen molar-refractivity contribution in [3.05, 3.63) is 126 Å². The maximum atomic E-state index is 5.10. The molecule has 2 aromatic heterocycles. The van der Waals surface area contributed by atoms with Crippen LogP contribution in [0.25, 0.3) is 20.2 Å². The van der Waals surface area contributed by atoms with Crippen LogP contribution in [0.5, 0.6) is 0 Å². The Morgan fingerprint density at radius 2 is 1.22 bits per heavy atom. The molecule has 272 valence electrons. The smallest absolute Gasteiger partial charge is 0.870 e. The van der Waals surface area contributed by atoms with Crippen LogP contribution in [0.2, 0.25) is 0 Å². The number of methoxy groups -OCH3 is 4. The van der Waals surface area contributed by atoms with E-state index in [0.29, 0.717) is 0 Å². The third-order valence-corrected chi connectivity index (χ3v) is 11.8. The van der Waals surface area contributed by atoms with Gasteiger partial charge >= 0.3 is 51.4 Å². The van der Waals surface area contributed by atoms with E-state index in [1.54, 1.807) is 62.9 Å². The van der Waals surface area contributed by atoms with Crippen LogP contribution in [0.15, 0.2) is 136 Å². The van der Waals surface area contributed by atoms with Crippen LogP contribution in [-0.4, -0.2) is 57.6 Å². The Bertz CT molecular complexity index is 1750. The van der Waals surface area contributed by atoms with Crippen molar-refractivity contribution < 1.29 is 75.8 Å². The van der Waals surface area contributed by atoms with Gasteiger partial charge in [0.25, 0.3) is 0 Å². The maximum absolute atomic E-state index is 5.10. The maximum Gasteiger partial charge on any atom is 1.00 e. The van der Waals surface area contributed by atoms with E-state index in [1.165, 1.54) is 29.5 Å². The number of thiophene rings is 2. The van der Waals surface area contributed by atoms with Gasteiger partial charge in [0, 0.05) is 76.7 Å². The number of thioether (sulfide) groups is 1. The molecule has 0 bridgehead atoms. The number of alkyl halides is 1. The molecule has 0 saturated carbocycles. The van der Waals surface area contributed by atoms with Gasteiger partial charge in [-0.15, -0.1) is 47.1 Å². The molecule has 0 atom stereocenters. The fourth-order valence-electron chi connectivity index (χ4n) is 3.54. The number of rotatable bonds is 8. The fraction of sp³-hybridized carbons (Fsp3) is 0.222. The normalized spacial score (nSPS) is 9.96. The molecule has 0 saturated heterocycles. The summed E-state index contributed by atoms with van der Waals surface area (Å²) < 4.78 is 26.9. The quantitative estimate of drug-likeness (QED) is 0.0539. The first kappa shape index (κ1) is 52.3. The van der Waals surface area contributed by atoms with Crippen molar-refractivity contribution in [1.29, 1.82) is 0 Å². The average Bonchev–Trinajstić information content (AvgIpc) is 3.78. The molecule has 1 N–H and O–H groups in total. The Hall–Kier alpha value is 1.34. The molecule has 5 nitrogen and oxygen atoms in total. The predicted molar refractivity (Wildman–Crippen MR) is 237 cm³/mol. The van der Waals surface area contributed by atoms with E-state index in [1.807, 2.05) is 36.4 Å². The van der Waals surface area contributed by atoms with Gasteiger partial charge in [0.1, 0.15) is 0 Å². The Morgan fingerprint density at radius 1 is 0.647 bits per heavy atom.